The van der Waals surface area contributed by atoms with Crippen molar-refractivity contribution in [3.8, 4) is 11.4 Å². The van der Waals surface area contributed by atoms with Gasteiger partial charge < -0.3 is 14.0 Å². The van der Waals surface area contributed by atoms with E-state index in [0.717, 1.165) is 38.4 Å². The quantitative estimate of drug-likeness (QED) is 0.502. The molecule has 0 radical (unpaired) electrons. The largest absolute Gasteiger partial charge is 0.459 e. The van der Waals surface area contributed by atoms with Gasteiger partial charge in [0.1, 0.15) is 11.4 Å². The molecule has 1 aliphatic rings. The lowest BCUT2D eigenvalue weighted by atomic mass is 10.2. The van der Waals surface area contributed by atoms with E-state index in [1.165, 1.54) is 23.9 Å². The van der Waals surface area contributed by atoms with E-state index in [9.17, 15) is 9.18 Å². The van der Waals surface area contributed by atoms with Crippen LogP contribution in [0, 0.1) is 5.82 Å². The minimum absolute atomic E-state index is 0.149. The SMILES string of the molecule is CC(C)(C)OC(=O)CSc1nnc(-c2ccc(F)cc2)n1CCN1CCOCC1. The molecular weight excluding hydrogens is 395 g/mol. The minimum Gasteiger partial charge on any atom is -0.459 e. The number of nitrogens with zero attached hydrogens (tertiary/aromatic N) is 4. The van der Waals surface area contributed by atoms with E-state index in [-0.39, 0.29) is 17.5 Å². The molecule has 3 rings (SSSR count). The van der Waals surface area contributed by atoms with Crippen molar-refractivity contribution in [1.82, 2.24) is 19.7 Å². The first kappa shape index (κ1) is 21.7. The smallest absolute Gasteiger partial charge is 0.316 e. The summed E-state index contributed by atoms with van der Waals surface area (Å²) in [7, 11) is 0. The van der Waals surface area contributed by atoms with Crippen molar-refractivity contribution in [3.05, 3.63) is 30.1 Å². The fraction of sp³-hybridized carbons (Fsp3) is 0.550. The van der Waals surface area contributed by atoms with Crippen LogP contribution in [0.25, 0.3) is 11.4 Å². The Morgan fingerprint density at radius 1 is 1.17 bits per heavy atom. The van der Waals surface area contributed by atoms with Gasteiger partial charge in [-0.05, 0) is 45.0 Å². The van der Waals surface area contributed by atoms with E-state index in [2.05, 4.69) is 15.1 Å². The van der Waals surface area contributed by atoms with Crippen LogP contribution in [0.15, 0.2) is 29.4 Å². The Morgan fingerprint density at radius 2 is 1.86 bits per heavy atom. The predicted molar refractivity (Wildman–Crippen MR) is 109 cm³/mol. The highest BCUT2D eigenvalue weighted by Gasteiger charge is 2.20. The molecule has 0 spiro atoms. The molecule has 1 saturated heterocycles. The second-order valence-electron chi connectivity index (χ2n) is 7.79. The van der Waals surface area contributed by atoms with Gasteiger partial charge in [0, 0.05) is 31.7 Å². The number of carbonyl (C=O) groups is 1. The third kappa shape index (κ3) is 6.52. The van der Waals surface area contributed by atoms with E-state index < -0.39 is 5.60 Å². The highest BCUT2D eigenvalue weighted by atomic mass is 32.2. The summed E-state index contributed by atoms with van der Waals surface area (Å²) in [5.41, 5.74) is 0.256. The third-order valence-corrected chi connectivity index (χ3v) is 5.24. The Bertz CT molecular complexity index is 814. The zero-order chi connectivity index (χ0) is 20.9. The lowest BCUT2D eigenvalue weighted by Crippen LogP contribution is -2.38. The van der Waals surface area contributed by atoms with Crippen molar-refractivity contribution in [3.63, 3.8) is 0 Å². The van der Waals surface area contributed by atoms with Crippen LogP contribution in [0.4, 0.5) is 4.39 Å². The Kier molecular flexibility index (Phi) is 7.26. The van der Waals surface area contributed by atoms with E-state index in [1.54, 1.807) is 12.1 Å². The van der Waals surface area contributed by atoms with Gasteiger partial charge in [0.25, 0.3) is 0 Å². The molecule has 1 fully saturated rings. The van der Waals surface area contributed by atoms with Crippen molar-refractivity contribution in [1.29, 1.82) is 0 Å². The summed E-state index contributed by atoms with van der Waals surface area (Å²) in [5, 5.41) is 9.23. The monoisotopic (exact) mass is 422 g/mol. The number of hydrogen-bond donors (Lipinski definition) is 0. The molecule has 158 valence electrons. The first-order valence-electron chi connectivity index (χ1n) is 9.66. The number of morpholine rings is 1. The second kappa shape index (κ2) is 9.69. The van der Waals surface area contributed by atoms with E-state index in [4.69, 9.17) is 9.47 Å². The maximum Gasteiger partial charge on any atom is 0.316 e. The van der Waals surface area contributed by atoms with Crippen LogP contribution in [-0.2, 0) is 20.8 Å². The molecule has 1 aromatic heterocycles. The molecule has 0 aliphatic carbocycles. The van der Waals surface area contributed by atoms with Crippen LogP contribution in [-0.4, -0.2) is 69.8 Å². The molecule has 0 atom stereocenters. The van der Waals surface area contributed by atoms with Gasteiger partial charge in [0.05, 0.1) is 19.0 Å². The number of esters is 1. The summed E-state index contributed by atoms with van der Waals surface area (Å²) in [6, 6.07) is 6.19. The van der Waals surface area contributed by atoms with Gasteiger partial charge in [0.2, 0.25) is 0 Å². The number of halogens is 1. The summed E-state index contributed by atoms with van der Waals surface area (Å²) in [5.74, 6) is 0.210. The first-order chi connectivity index (χ1) is 13.8. The number of aromatic nitrogens is 3. The van der Waals surface area contributed by atoms with Crippen molar-refractivity contribution in [2.75, 3.05) is 38.6 Å². The number of carbonyl (C=O) groups excluding carboxylic acids is 1. The van der Waals surface area contributed by atoms with Gasteiger partial charge in [-0.25, -0.2) is 4.39 Å². The molecule has 0 amide bonds. The average molecular weight is 423 g/mol. The van der Waals surface area contributed by atoms with Crippen LogP contribution in [0.1, 0.15) is 20.8 Å². The summed E-state index contributed by atoms with van der Waals surface area (Å²) in [6.07, 6.45) is 0. The molecule has 0 N–H and O–H groups in total. The van der Waals surface area contributed by atoms with Gasteiger partial charge in [-0.1, -0.05) is 11.8 Å². The number of ether oxygens (including phenoxy) is 2. The molecule has 29 heavy (non-hydrogen) atoms. The topological polar surface area (TPSA) is 69.5 Å². The van der Waals surface area contributed by atoms with Crippen LogP contribution in [0.3, 0.4) is 0 Å². The number of benzene rings is 1. The third-order valence-electron chi connectivity index (χ3n) is 4.30. The zero-order valence-corrected chi connectivity index (χ0v) is 17.9. The highest BCUT2D eigenvalue weighted by molar-refractivity contribution is 7.99. The number of rotatable bonds is 7. The molecular formula is C20H27FN4O3S. The Labute approximate surface area is 174 Å². The lowest BCUT2D eigenvalue weighted by molar-refractivity contribution is -0.151. The Morgan fingerprint density at radius 3 is 2.52 bits per heavy atom. The van der Waals surface area contributed by atoms with Gasteiger partial charge in [0.15, 0.2) is 11.0 Å². The fourth-order valence-corrected chi connectivity index (χ4v) is 3.71. The van der Waals surface area contributed by atoms with E-state index in [0.29, 0.717) is 17.5 Å². The number of hydrogen-bond acceptors (Lipinski definition) is 7. The van der Waals surface area contributed by atoms with Crippen molar-refractivity contribution < 1.29 is 18.7 Å². The zero-order valence-electron chi connectivity index (χ0n) is 17.1. The molecule has 1 aliphatic heterocycles. The predicted octanol–water partition coefficient (Wildman–Crippen LogP) is 2.85. The summed E-state index contributed by atoms with van der Waals surface area (Å²) in [6.45, 7) is 10.2. The first-order valence-corrected chi connectivity index (χ1v) is 10.6. The van der Waals surface area contributed by atoms with Gasteiger partial charge in [-0.2, -0.15) is 0 Å². The Hall–Kier alpha value is -1.97. The van der Waals surface area contributed by atoms with E-state index >= 15 is 0 Å². The molecule has 1 aromatic carbocycles. The summed E-state index contributed by atoms with van der Waals surface area (Å²) >= 11 is 1.30. The highest BCUT2D eigenvalue weighted by Crippen LogP contribution is 2.25. The maximum atomic E-state index is 13.3. The van der Waals surface area contributed by atoms with Gasteiger partial charge >= 0.3 is 5.97 Å². The number of thioether (sulfide) groups is 1. The van der Waals surface area contributed by atoms with Crippen LogP contribution in [0.2, 0.25) is 0 Å². The molecule has 2 aromatic rings. The summed E-state index contributed by atoms with van der Waals surface area (Å²) in [4.78, 5) is 14.4. The molecule has 0 bridgehead atoms. The van der Waals surface area contributed by atoms with Crippen molar-refractivity contribution in [2.24, 2.45) is 0 Å². The van der Waals surface area contributed by atoms with Crippen molar-refractivity contribution >= 4 is 17.7 Å². The second-order valence-corrected chi connectivity index (χ2v) is 8.74. The molecule has 0 saturated carbocycles. The lowest BCUT2D eigenvalue weighted by Gasteiger charge is -2.27. The van der Waals surface area contributed by atoms with Crippen LogP contribution < -0.4 is 0 Å². The fourth-order valence-electron chi connectivity index (χ4n) is 2.97. The summed E-state index contributed by atoms with van der Waals surface area (Å²) < 4.78 is 26.1. The van der Waals surface area contributed by atoms with Crippen molar-refractivity contribution in [2.45, 2.75) is 38.1 Å². The van der Waals surface area contributed by atoms with Crippen LogP contribution in [0.5, 0.6) is 0 Å². The standard InChI is InChI=1S/C20H27FN4O3S/c1-20(2,3)28-17(26)14-29-19-23-22-18(15-4-6-16(21)7-5-15)25(19)9-8-24-10-12-27-13-11-24/h4-7H,8-14H2,1-3H3. The maximum absolute atomic E-state index is 13.3. The van der Waals surface area contributed by atoms with E-state index in [1.807, 2.05) is 25.3 Å². The Balaban J connectivity index is 1.75. The van der Waals surface area contributed by atoms with Gasteiger partial charge in [-0.3, -0.25) is 9.69 Å². The average Bonchev–Trinajstić information content (AvgIpc) is 3.07. The molecule has 7 nitrogen and oxygen atoms in total. The minimum atomic E-state index is -0.527. The normalized spacial score (nSPS) is 15.4. The molecule has 2 heterocycles. The molecule has 0 unspecified atom stereocenters. The van der Waals surface area contributed by atoms with Gasteiger partial charge in [-0.15, -0.1) is 10.2 Å². The molecule has 9 heteroatoms. The van der Waals surface area contributed by atoms with Crippen LogP contribution >= 0.6 is 11.8 Å².